The molecule has 0 aromatic carbocycles. The minimum atomic E-state index is 0.0334. The van der Waals surface area contributed by atoms with Gasteiger partial charge in [0.05, 0.1) is 18.3 Å². The molecule has 0 radical (unpaired) electrons. The topological polar surface area (TPSA) is 59.4 Å². The first kappa shape index (κ1) is 15.3. The van der Waals surface area contributed by atoms with Crippen LogP contribution in [-0.4, -0.2) is 46.5 Å². The smallest absolute Gasteiger partial charge is 0.317 e. The molecule has 1 fully saturated rings. The molecule has 6 nitrogen and oxygen atoms in total. The summed E-state index contributed by atoms with van der Waals surface area (Å²) in [6.45, 7) is 4.24. The van der Waals surface area contributed by atoms with Crippen molar-refractivity contribution < 1.29 is 9.53 Å². The van der Waals surface area contributed by atoms with Gasteiger partial charge >= 0.3 is 6.03 Å². The van der Waals surface area contributed by atoms with Crippen molar-refractivity contribution >= 4 is 6.03 Å². The minimum absolute atomic E-state index is 0.0334. The molecular formula is C16H26N4O2. The number of amides is 2. The van der Waals surface area contributed by atoms with E-state index in [4.69, 9.17) is 4.74 Å². The number of piperidine rings is 1. The first-order valence-electron chi connectivity index (χ1n) is 8.37. The van der Waals surface area contributed by atoms with Crippen molar-refractivity contribution in [3.63, 3.8) is 0 Å². The van der Waals surface area contributed by atoms with Crippen molar-refractivity contribution in [1.29, 1.82) is 0 Å². The minimum Gasteiger partial charge on any atom is -0.377 e. The lowest BCUT2D eigenvalue weighted by Crippen LogP contribution is -2.48. The van der Waals surface area contributed by atoms with Gasteiger partial charge in [0.1, 0.15) is 0 Å². The van der Waals surface area contributed by atoms with Crippen LogP contribution in [0.15, 0.2) is 6.20 Å². The Morgan fingerprint density at radius 2 is 2.32 bits per heavy atom. The summed E-state index contributed by atoms with van der Waals surface area (Å²) in [6.07, 6.45) is 7.29. The molecule has 0 saturated carbocycles. The summed E-state index contributed by atoms with van der Waals surface area (Å²) >= 11 is 0. The number of hydrogen-bond acceptors (Lipinski definition) is 3. The molecule has 1 N–H and O–H groups in total. The van der Waals surface area contributed by atoms with Crippen LogP contribution in [0.3, 0.4) is 0 Å². The molecule has 22 heavy (non-hydrogen) atoms. The number of ether oxygens (including phenoxy) is 1. The predicted octanol–water partition coefficient (Wildman–Crippen LogP) is 2.01. The van der Waals surface area contributed by atoms with Crippen molar-refractivity contribution in [2.75, 3.05) is 19.7 Å². The fourth-order valence-electron chi connectivity index (χ4n) is 3.59. The monoisotopic (exact) mass is 306 g/mol. The average molecular weight is 306 g/mol. The van der Waals surface area contributed by atoms with E-state index in [1.165, 1.54) is 11.3 Å². The Morgan fingerprint density at radius 3 is 3.14 bits per heavy atom. The van der Waals surface area contributed by atoms with Crippen LogP contribution in [-0.2, 0) is 18.2 Å². The van der Waals surface area contributed by atoms with E-state index < -0.39 is 0 Å². The summed E-state index contributed by atoms with van der Waals surface area (Å²) in [5.74, 6) is 0. The van der Waals surface area contributed by atoms with Gasteiger partial charge in [-0.15, -0.1) is 0 Å². The fraction of sp³-hybridized carbons (Fsp3) is 0.750. The molecular weight excluding hydrogens is 280 g/mol. The molecule has 2 atom stereocenters. The Kier molecular flexibility index (Phi) is 4.66. The summed E-state index contributed by atoms with van der Waals surface area (Å²) < 4.78 is 7.61. The van der Waals surface area contributed by atoms with Gasteiger partial charge in [0.15, 0.2) is 0 Å². The number of urea groups is 1. The van der Waals surface area contributed by atoms with E-state index in [0.29, 0.717) is 13.2 Å². The zero-order chi connectivity index (χ0) is 15.5. The van der Waals surface area contributed by atoms with E-state index in [1.54, 1.807) is 0 Å². The standard InChI is InChI=1S/C16H26N4O2/c1-3-22-12-6-5-9-20(11-12)16(21)18-14-7-4-8-15-13(14)10-17-19(15)2/h10,12,14H,3-9,11H2,1-2H3,(H,18,21)/t12-,14+/m1/s1. The molecule has 3 rings (SSSR count). The molecule has 1 aliphatic heterocycles. The second kappa shape index (κ2) is 6.69. The molecule has 1 aliphatic carbocycles. The third kappa shape index (κ3) is 3.11. The molecule has 2 aliphatic rings. The van der Waals surface area contributed by atoms with Crippen LogP contribution in [0.4, 0.5) is 4.79 Å². The second-order valence-corrected chi connectivity index (χ2v) is 6.23. The summed E-state index contributed by atoms with van der Waals surface area (Å²) in [5.41, 5.74) is 2.43. The largest absolute Gasteiger partial charge is 0.377 e. The third-order valence-electron chi connectivity index (χ3n) is 4.74. The molecule has 0 unspecified atom stereocenters. The van der Waals surface area contributed by atoms with Gasteiger partial charge in [0.2, 0.25) is 0 Å². The lowest BCUT2D eigenvalue weighted by molar-refractivity contribution is 0.0160. The van der Waals surface area contributed by atoms with Crippen LogP contribution in [0, 0.1) is 0 Å². The van der Waals surface area contributed by atoms with Crippen molar-refractivity contribution in [2.45, 2.75) is 51.2 Å². The molecule has 1 aromatic rings. The third-order valence-corrected chi connectivity index (χ3v) is 4.74. The molecule has 6 heteroatoms. The summed E-state index contributed by atoms with van der Waals surface area (Å²) in [5, 5.41) is 7.54. The summed E-state index contributed by atoms with van der Waals surface area (Å²) in [6, 6.07) is 0.128. The Morgan fingerprint density at radius 1 is 1.45 bits per heavy atom. The van der Waals surface area contributed by atoms with Crippen LogP contribution in [0.1, 0.15) is 49.9 Å². The molecule has 1 aromatic heterocycles. The Hall–Kier alpha value is -1.56. The maximum absolute atomic E-state index is 12.6. The Bertz CT molecular complexity index is 526. The number of likely N-dealkylation sites (tertiary alicyclic amines) is 1. The zero-order valence-corrected chi connectivity index (χ0v) is 13.5. The highest BCUT2D eigenvalue weighted by Gasteiger charge is 2.28. The van der Waals surface area contributed by atoms with Gasteiger partial charge in [-0.25, -0.2) is 4.79 Å². The van der Waals surface area contributed by atoms with Crippen LogP contribution >= 0.6 is 0 Å². The van der Waals surface area contributed by atoms with Gasteiger partial charge < -0.3 is 15.0 Å². The van der Waals surface area contributed by atoms with E-state index >= 15 is 0 Å². The van der Waals surface area contributed by atoms with Crippen LogP contribution < -0.4 is 5.32 Å². The Labute approximate surface area is 131 Å². The number of fused-ring (bicyclic) bond motifs is 1. The first-order chi connectivity index (χ1) is 10.7. The van der Waals surface area contributed by atoms with Gasteiger partial charge in [-0.2, -0.15) is 5.10 Å². The number of aryl methyl sites for hydroxylation is 1. The van der Waals surface area contributed by atoms with Crippen molar-refractivity contribution in [1.82, 2.24) is 20.0 Å². The number of aromatic nitrogens is 2. The summed E-state index contributed by atoms with van der Waals surface area (Å²) in [4.78, 5) is 14.5. The summed E-state index contributed by atoms with van der Waals surface area (Å²) in [7, 11) is 1.97. The number of rotatable bonds is 3. The normalized spacial score (nSPS) is 24.9. The van der Waals surface area contributed by atoms with Gasteiger partial charge in [-0.05, 0) is 39.0 Å². The number of carbonyl (C=O) groups is 1. The first-order valence-corrected chi connectivity index (χ1v) is 8.37. The SMILES string of the molecule is CCO[C@@H]1CCCN(C(=O)N[C@H]2CCCc3c2cnn3C)C1. The lowest BCUT2D eigenvalue weighted by atomic mass is 9.93. The second-order valence-electron chi connectivity index (χ2n) is 6.23. The molecule has 1 saturated heterocycles. The Balaban J connectivity index is 1.62. The van der Waals surface area contributed by atoms with E-state index in [2.05, 4.69) is 10.4 Å². The highest BCUT2D eigenvalue weighted by molar-refractivity contribution is 5.75. The number of nitrogens with zero attached hydrogens (tertiary/aromatic N) is 3. The molecule has 0 spiro atoms. The molecule has 122 valence electrons. The van der Waals surface area contributed by atoms with Crippen LogP contribution in [0.5, 0.6) is 0 Å². The molecule has 0 bridgehead atoms. The highest BCUT2D eigenvalue weighted by Crippen LogP contribution is 2.29. The highest BCUT2D eigenvalue weighted by atomic mass is 16.5. The maximum atomic E-state index is 12.6. The van der Waals surface area contributed by atoms with E-state index in [-0.39, 0.29) is 18.2 Å². The van der Waals surface area contributed by atoms with E-state index in [1.807, 2.05) is 29.7 Å². The predicted molar refractivity (Wildman–Crippen MR) is 83.6 cm³/mol. The van der Waals surface area contributed by atoms with Crippen molar-refractivity contribution in [3.8, 4) is 0 Å². The van der Waals surface area contributed by atoms with Crippen molar-refractivity contribution in [3.05, 3.63) is 17.5 Å². The number of nitrogens with one attached hydrogen (secondary N) is 1. The maximum Gasteiger partial charge on any atom is 0.317 e. The lowest BCUT2D eigenvalue weighted by Gasteiger charge is -2.34. The molecule has 2 heterocycles. The van der Waals surface area contributed by atoms with Crippen molar-refractivity contribution in [2.24, 2.45) is 7.05 Å². The van der Waals surface area contributed by atoms with Gasteiger partial charge in [-0.3, -0.25) is 4.68 Å². The van der Waals surface area contributed by atoms with Crippen LogP contribution in [0.25, 0.3) is 0 Å². The van der Waals surface area contributed by atoms with E-state index in [0.717, 1.165) is 38.6 Å². The van der Waals surface area contributed by atoms with Crippen LogP contribution in [0.2, 0.25) is 0 Å². The van der Waals surface area contributed by atoms with E-state index in [9.17, 15) is 4.79 Å². The van der Waals surface area contributed by atoms with Gasteiger partial charge in [-0.1, -0.05) is 0 Å². The zero-order valence-electron chi connectivity index (χ0n) is 13.5. The fourth-order valence-corrected chi connectivity index (χ4v) is 3.59. The number of carbonyl (C=O) groups excluding carboxylic acids is 1. The van der Waals surface area contributed by atoms with Gasteiger partial charge in [0, 0.05) is 38.0 Å². The molecule has 2 amide bonds. The number of hydrogen-bond donors (Lipinski definition) is 1. The average Bonchev–Trinajstić information content (AvgIpc) is 2.91. The quantitative estimate of drug-likeness (QED) is 0.929. The van der Waals surface area contributed by atoms with Gasteiger partial charge in [0.25, 0.3) is 0 Å².